The number of rotatable bonds is 7. The van der Waals surface area contributed by atoms with E-state index in [9.17, 15) is 19.2 Å². The molecule has 4 amide bonds. The van der Waals surface area contributed by atoms with Crippen LogP contribution in [0.4, 0.5) is 5.69 Å². The van der Waals surface area contributed by atoms with Gasteiger partial charge < -0.3 is 24.6 Å². The van der Waals surface area contributed by atoms with E-state index in [4.69, 9.17) is 9.47 Å². The predicted octanol–water partition coefficient (Wildman–Crippen LogP) is 1.95. The van der Waals surface area contributed by atoms with Gasteiger partial charge in [-0.1, -0.05) is 18.2 Å². The Labute approximate surface area is 208 Å². The van der Waals surface area contributed by atoms with Gasteiger partial charge in [0.2, 0.25) is 11.8 Å². The van der Waals surface area contributed by atoms with Crippen molar-refractivity contribution >= 4 is 29.3 Å². The Kier molecular flexibility index (Phi) is 6.26. The number of likely N-dealkylation sites (tertiary alicyclic amines) is 1. The van der Waals surface area contributed by atoms with Crippen molar-refractivity contribution < 1.29 is 28.7 Å². The number of nitrogens with zero attached hydrogens (tertiary/aromatic N) is 3. The summed E-state index contributed by atoms with van der Waals surface area (Å²) in [7, 11) is 2.96. The summed E-state index contributed by atoms with van der Waals surface area (Å²) in [6.07, 6.45) is 1.22. The molecule has 3 aliphatic heterocycles. The van der Waals surface area contributed by atoms with Crippen LogP contribution >= 0.6 is 0 Å². The zero-order valence-corrected chi connectivity index (χ0v) is 20.3. The summed E-state index contributed by atoms with van der Waals surface area (Å²) in [5.41, 5.74) is 1.82. The highest BCUT2D eigenvalue weighted by Crippen LogP contribution is 2.49. The van der Waals surface area contributed by atoms with Crippen LogP contribution in [0, 0.1) is 0 Å². The Morgan fingerprint density at radius 3 is 2.47 bits per heavy atom. The average molecular weight is 493 g/mol. The van der Waals surface area contributed by atoms with Gasteiger partial charge in [-0.3, -0.25) is 24.1 Å². The molecular weight excluding hydrogens is 464 g/mol. The fourth-order valence-electron chi connectivity index (χ4n) is 5.21. The molecule has 1 atom stereocenters. The molecule has 0 saturated carbocycles. The number of ether oxygens (including phenoxy) is 2. The third kappa shape index (κ3) is 3.82. The number of methoxy groups -OCH3 is 2. The molecule has 0 bridgehead atoms. The lowest BCUT2D eigenvalue weighted by atomic mass is 10.0. The number of hydrogen-bond donors (Lipinski definition) is 1. The first-order chi connectivity index (χ1) is 17.5. The first-order valence-corrected chi connectivity index (χ1v) is 12.0. The van der Waals surface area contributed by atoms with E-state index in [-0.39, 0.29) is 43.1 Å². The predicted molar refractivity (Wildman–Crippen MR) is 130 cm³/mol. The van der Waals surface area contributed by atoms with Crippen molar-refractivity contribution in [3.63, 3.8) is 0 Å². The molecule has 3 heterocycles. The van der Waals surface area contributed by atoms with Crippen molar-refractivity contribution in [2.24, 2.45) is 0 Å². The molecule has 2 aromatic carbocycles. The number of benzene rings is 2. The lowest BCUT2D eigenvalue weighted by molar-refractivity contribution is -0.132. The minimum atomic E-state index is -0.728. The molecule has 36 heavy (non-hydrogen) atoms. The quantitative estimate of drug-likeness (QED) is 0.633. The van der Waals surface area contributed by atoms with Gasteiger partial charge in [-0.2, -0.15) is 0 Å². The average Bonchev–Trinajstić information content (AvgIpc) is 3.54. The van der Waals surface area contributed by atoms with Gasteiger partial charge in [-0.15, -0.1) is 0 Å². The molecule has 0 spiro atoms. The van der Waals surface area contributed by atoms with Crippen molar-refractivity contribution in [3.8, 4) is 11.5 Å². The third-order valence-corrected chi connectivity index (χ3v) is 6.96. The summed E-state index contributed by atoms with van der Waals surface area (Å²) in [6, 6.07) is 10.4. The van der Waals surface area contributed by atoms with E-state index in [1.807, 2.05) is 0 Å². The van der Waals surface area contributed by atoms with E-state index in [1.165, 1.54) is 19.1 Å². The molecule has 1 saturated heterocycles. The Hall–Kier alpha value is -4.08. The van der Waals surface area contributed by atoms with Crippen LogP contribution in [0.5, 0.6) is 11.5 Å². The van der Waals surface area contributed by atoms with Crippen LogP contribution in [-0.4, -0.2) is 73.8 Å². The van der Waals surface area contributed by atoms with Gasteiger partial charge in [0.15, 0.2) is 11.5 Å². The Balaban J connectivity index is 1.41. The van der Waals surface area contributed by atoms with Crippen molar-refractivity contribution in [2.45, 2.75) is 25.4 Å². The Morgan fingerprint density at radius 2 is 1.75 bits per heavy atom. The highest BCUT2D eigenvalue weighted by Gasteiger charge is 2.49. The second-order valence-corrected chi connectivity index (χ2v) is 8.94. The standard InChI is InChI=1S/C26H28N4O6/c1-35-19-10-9-17-22(23(19)36-2)26(34)30-18-8-4-3-7-16(18)25(33)29(24(17)30)14-11-20(31)27-15-21(32)28-12-5-6-13-28/h3-4,7-10,24H,5-6,11-15H2,1-2H3,(H,27,31). The minimum Gasteiger partial charge on any atom is -0.493 e. The number of carbonyl (C=O) groups is 4. The van der Waals surface area contributed by atoms with Gasteiger partial charge in [0.1, 0.15) is 6.17 Å². The van der Waals surface area contributed by atoms with Gasteiger partial charge in [0, 0.05) is 31.6 Å². The first-order valence-electron chi connectivity index (χ1n) is 12.0. The van der Waals surface area contributed by atoms with Crippen LogP contribution in [0.25, 0.3) is 0 Å². The van der Waals surface area contributed by atoms with E-state index in [0.717, 1.165) is 25.9 Å². The molecule has 0 radical (unpaired) electrons. The van der Waals surface area contributed by atoms with Crippen molar-refractivity contribution in [1.82, 2.24) is 15.1 Å². The molecule has 10 heteroatoms. The summed E-state index contributed by atoms with van der Waals surface area (Å²) >= 11 is 0. The fourth-order valence-corrected chi connectivity index (χ4v) is 5.21. The van der Waals surface area contributed by atoms with Crippen molar-refractivity contribution in [1.29, 1.82) is 0 Å². The van der Waals surface area contributed by atoms with Crippen LogP contribution in [0.15, 0.2) is 36.4 Å². The normalized spacial score (nSPS) is 18.1. The third-order valence-electron chi connectivity index (χ3n) is 6.96. The monoisotopic (exact) mass is 492 g/mol. The van der Waals surface area contributed by atoms with Crippen molar-refractivity contribution in [2.75, 3.05) is 45.3 Å². The van der Waals surface area contributed by atoms with Crippen LogP contribution in [0.1, 0.15) is 51.7 Å². The number of amides is 4. The smallest absolute Gasteiger partial charge is 0.264 e. The van der Waals surface area contributed by atoms with Crippen molar-refractivity contribution in [3.05, 3.63) is 53.1 Å². The Morgan fingerprint density at radius 1 is 1.00 bits per heavy atom. The van der Waals surface area contributed by atoms with Gasteiger partial charge >= 0.3 is 0 Å². The topological polar surface area (TPSA) is 108 Å². The van der Waals surface area contributed by atoms with Gasteiger partial charge in [0.25, 0.3) is 11.8 Å². The molecule has 1 fully saturated rings. The summed E-state index contributed by atoms with van der Waals surface area (Å²) in [5.74, 6) is -0.307. The number of fused-ring (bicyclic) bond motifs is 5. The molecule has 10 nitrogen and oxygen atoms in total. The van der Waals surface area contributed by atoms with Crippen LogP contribution in [-0.2, 0) is 9.59 Å². The number of anilines is 1. The lowest BCUT2D eigenvalue weighted by Crippen LogP contribution is -2.49. The summed E-state index contributed by atoms with van der Waals surface area (Å²) in [4.78, 5) is 56.9. The Bertz CT molecular complexity index is 1240. The molecule has 188 valence electrons. The van der Waals surface area contributed by atoms with Gasteiger partial charge in [-0.25, -0.2) is 0 Å². The van der Waals surface area contributed by atoms with E-state index in [2.05, 4.69) is 5.32 Å². The second kappa shape index (κ2) is 9.52. The molecule has 0 aromatic heterocycles. The number of hydrogen-bond acceptors (Lipinski definition) is 6. The van der Waals surface area contributed by atoms with Crippen LogP contribution < -0.4 is 19.7 Å². The second-order valence-electron chi connectivity index (χ2n) is 8.94. The highest BCUT2D eigenvalue weighted by molar-refractivity contribution is 6.18. The fraction of sp³-hybridized carbons (Fsp3) is 0.385. The van der Waals surface area contributed by atoms with Crippen LogP contribution in [0.2, 0.25) is 0 Å². The number of carbonyl (C=O) groups excluding carboxylic acids is 4. The zero-order valence-electron chi connectivity index (χ0n) is 20.3. The van der Waals surface area contributed by atoms with E-state index in [0.29, 0.717) is 33.9 Å². The van der Waals surface area contributed by atoms with Gasteiger partial charge in [-0.05, 0) is 31.0 Å². The molecular formula is C26H28N4O6. The lowest BCUT2D eigenvalue weighted by Gasteiger charge is -2.40. The summed E-state index contributed by atoms with van der Waals surface area (Å²) in [5, 5.41) is 2.67. The minimum absolute atomic E-state index is 0.0116. The van der Waals surface area contributed by atoms with Gasteiger partial charge in [0.05, 0.1) is 37.6 Å². The molecule has 1 unspecified atom stereocenters. The van der Waals surface area contributed by atoms with E-state index in [1.54, 1.807) is 46.2 Å². The molecule has 1 N–H and O–H groups in total. The maximum absolute atomic E-state index is 13.7. The van der Waals surface area contributed by atoms with E-state index < -0.39 is 6.17 Å². The summed E-state index contributed by atoms with van der Waals surface area (Å²) < 4.78 is 10.9. The zero-order chi connectivity index (χ0) is 25.4. The number of para-hydroxylation sites is 1. The SMILES string of the molecule is COc1ccc2c(c1OC)C(=O)N1c3ccccc3C(=O)N(CCC(=O)NCC(=O)N3CCCC3)C21. The number of nitrogens with one attached hydrogen (secondary N) is 1. The largest absolute Gasteiger partial charge is 0.493 e. The molecule has 2 aromatic rings. The maximum atomic E-state index is 13.7. The molecule has 3 aliphatic rings. The molecule has 5 rings (SSSR count). The highest BCUT2D eigenvalue weighted by atomic mass is 16.5. The first kappa shape index (κ1) is 23.7. The maximum Gasteiger partial charge on any atom is 0.264 e. The summed E-state index contributed by atoms with van der Waals surface area (Å²) in [6.45, 7) is 1.44. The van der Waals surface area contributed by atoms with Crippen LogP contribution in [0.3, 0.4) is 0 Å². The van der Waals surface area contributed by atoms with E-state index >= 15 is 0 Å². The molecule has 0 aliphatic carbocycles.